The first-order valence-electron chi connectivity index (χ1n) is 8.33. The van der Waals surface area contributed by atoms with Crippen molar-refractivity contribution in [2.75, 3.05) is 0 Å². The van der Waals surface area contributed by atoms with Crippen molar-refractivity contribution in [3.05, 3.63) is 0 Å². The average molecular weight is 408 g/mol. The molecule has 10 nitrogen and oxygen atoms in total. The third-order valence-corrected chi connectivity index (χ3v) is 1.91. The summed E-state index contributed by atoms with van der Waals surface area (Å²) in [5.41, 5.74) is -2.20. The molecular weight excluding hydrogens is 376 g/mol. The first-order valence-corrected chi connectivity index (χ1v) is 8.33. The molecule has 0 rings (SSSR count). The number of hydrogen-bond acceptors (Lipinski definition) is 9. The lowest BCUT2D eigenvalue weighted by atomic mass is 10.1. The Balaban J connectivity index is 0. The molecule has 0 aliphatic heterocycles. The topological polar surface area (TPSA) is 130 Å². The maximum absolute atomic E-state index is 9.55. The van der Waals surface area contributed by atoms with Crippen molar-refractivity contribution >= 4 is 12.3 Å². The first kappa shape index (κ1) is 28.3. The maximum atomic E-state index is 9.55. The summed E-state index contributed by atoms with van der Waals surface area (Å²) in [6.07, 6.45) is -3.50. The van der Waals surface area contributed by atoms with Gasteiger partial charge in [-0.25, -0.2) is 29.1 Å². The minimum absolute atomic E-state index is 0.375. The van der Waals surface area contributed by atoms with E-state index < -0.39 is 23.5 Å². The van der Waals surface area contributed by atoms with Gasteiger partial charge in [-0.15, -0.1) is 0 Å². The Hall–Kier alpha value is -1.90. The van der Waals surface area contributed by atoms with Gasteiger partial charge in [0.25, 0.3) is 0 Å². The summed E-state index contributed by atoms with van der Waals surface area (Å²) in [5, 5.41) is 14.9. The summed E-state index contributed by atoms with van der Waals surface area (Å²) in [6, 6.07) is 0. The van der Waals surface area contributed by atoms with E-state index in [0.717, 1.165) is 0 Å². The molecule has 0 unspecified atom stereocenters. The molecule has 2 N–H and O–H groups in total. The van der Waals surface area contributed by atoms with Crippen molar-refractivity contribution in [1.29, 1.82) is 0 Å². The Labute approximate surface area is 165 Å². The van der Waals surface area contributed by atoms with Gasteiger partial charge >= 0.3 is 12.3 Å². The smallest absolute Gasteiger partial charge is 0.449 e. The van der Waals surface area contributed by atoms with Crippen LogP contribution in [0.2, 0.25) is 0 Å². The van der Waals surface area contributed by atoms with Gasteiger partial charge in [-0.1, -0.05) is 11.8 Å². The van der Waals surface area contributed by atoms with E-state index in [1.54, 1.807) is 0 Å². The molecule has 0 radical (unpaired) electrons. The molecule has 0 spiro atoms. The van der Waals surface area contributed by atoms with E-state index in [1.807, 2.05) is 69.2 Å². The van der Waals surface area contributed by atoms with E-state index in [0.29, 0.717) is 0 Å². The standard InChI is InChI=1S/C16H30O4.C2H2O6/c1-13(2,3)17-19-15(7,8)11-12-16(9,10)20-18-14(4,5)6;3-1(4)7-2(5)8-6/h1-10H3;6H,(H,3,4). The van der Waals surface area contributed by atoms with Crippen LogP contribution in [-0.4, -0.2) is 45.1 Å². The second-order valence-electron chi connectivity index (χ2n) is 8.54. The summed E-state index contributed by atoms with van der Waals surface area (Å²) in [5.74, 6) is 6.01. The van der Waals surface area contributed by atoms with E-state index in [4.69, 9.17) is 29.9 Å². The van der Waals surface area contributed by atoms with Crippen molar-refractivity contribution in [2.45, 2.75) is 91.6 Å². The van der Waals surface area contributed by atoms with Gasteiger partial charge in [0.05, 0.1) is 11.2 Å². The molecule has 164 valence electrons. The Morgan fingerprint density at radius 1 is 0.679 bits per heavy atom. The molecule has 0 saturated carbocycles. The predicted octanol–water partition coefficient (Wildman–Crippen LogP) is 4.33. The van der Waals surface area contributed by atoms with Crippen LogP contribution in [0.25, 0.3) is 0 Å². The average Bonchev–Trinajstić information content (AvgIpc) is 2.48. The molecule has 0 aromatic carbocycles. The van der Waals surface area contributed by atoms with Gasteiger partial charge in [-0.05, 0) is 69.2 Å². The van der Waals surface area contributed by atoms with Crippen molar-refractivity contribution < 1.29 is 49.1 Å². The number of carboxylic acid groups (broad SMARTS) is 1. The van der Waals surface area contributed by atoms with E-state index in [2.05, 4.69) is 21.5 Å². The van der Waals surface area contributed by atoms with Crippen LogP contribution >= 0.6 is 0 Å². The molecule has 0 bridgehead atoms. The van der Waals surface area contributed by atoms with Crippen LogP contribution in [0.1, 0.15) is 69.2 Å². The summed E-state index contributed by atoms with van der Waals surface area (Å²) in [4.78, 5) is 43.0. The van der Waals surface area contributed by atoms with Crippen LogP contribution in [0.5, 0.6) is 0 Å². The minimum Gasteiger partial charge on any atom is -0.449 e. The van der Waals surface area contributed by atoms with Gasteiger partial charge in [0.2, 0.25) is 0 Å². The van der Waals surface area contributed by atoms with Gasteiger partial charge < -0.3 is 9.84 Å². The fourth-order valence-electron chi connectivity index (χ4n) is 0.891. The highest BCUT2D eigenvalue weighted by molar-refractivity contribution is 5.75. The fraction of sp³-hybridized carbons (Fsp3) is 0.778. The van der Waals surface area contributed by atoms with Crippen molar-refractivity contribution in [3.8, 4) is 11.8 Å². The largest absolute Gasteiger partial charge is 0.550 e. The van der Waals surface area contributed by atoms with Crippen LogP contribution in [0.4, 0.5) is 9.59 Å². The van der Waals surface area contributed by atoms with E-state index in [1.165, 1.54) is 0 Å². The van der Waals surface area contributed by atoms with Crippen LogP contribution < -0.4 is 0 Å². The SMILES string of the molecule is CC(C)(C)OOC(C)(C)C#CC(C)(C)OOC(C)(C)C.O=C(O)OC(=O)OO. The van der Waals surface area contributed by atoms with Gasteiger partial charge in [-0.2, -0.15) is 5.26 Å². The normalized spacial score (nSPS) is 12.1. The molecule has 0 saturated heterocycles. The van der Waals surface area contributed by atoms with Gasteiger partial charge in [0.15, 0.2) is 11.2 Å². The lowest BCUT2D eigenvalue weighted by Crippen LogP contribution is -2.32. The Morgan fingerprint density at radius 2 is 1.00 bits per heavy atom. The van der Waals surface area contributed by atoms with Crippen molar-refractivity contribution in [2.24, 2.45) is 0 Å². The van der Waals surface area contributed by atoms with Crippen molar-refractivity contribution in [3.63, 3.8) is 0 Å². The third kappa shape index (κ3) is 20.4. The van der Waals surface area contributed by atoms with E-state index in [9.17, 15) is 9.59 Å². The van der Waals surface area contributed by atoms with Gasteiger partial charge in [0.1, 0.15) is 0 Å². The second kappa shape index (κ2) is 11.2. The molecule has 28 heavy (non-hydrogen) atoms. The summed E-state index contributed by atoms with van der Waals surface area (Å²) < 4.78 is 3.20. The van der Waals surface area contributed by atoms with Crippen molar-refractivity contribution in [1.82, 2.24) is 0 Å². The minimum atomic E-state index is -1.83. The second-order valence-corrected chi connectivity index (χ2v) is 8.54. The number of hydrogen-bond donors (Lipinski definition) is 2. The Kier molecular flexibility index (Phi) is 11.3. The zero-order valence-electron chi connectivity index (χ0n) is 18.2. The maximum Gasteiger partial charge on any atom is 0.550 e. The predicted molar refractivity (Wildman–Crippen MR) is 98.0 cm³/mol. The lowest BCUT2D eigenvalue weighted by Gasteiger charge is -2.26. The monoisotopic (exact) mass is 408 g/mol. The van der Waals surface area contributed by atoms with Gasteiger partial charge in [0, 0.05) is 0 Å². The molecule has 0 aromatic heterocycles. The molecule has 10 heteroatoms. The van der Waals surface area contributed by atoms with E-state index in [-0.39, 0.29) is 11.2 Å². The zero-order chi connectivity index (χ0) is 22.8. The fourth-order valence-corrected chi connectivity index (χ4v) is 0.891. The number of ether oxygens (including phenoxy) is 1. The van der Waals surface area contributed by atoms with Crippen LogP contribution in [0, 0.1) is 11.8 Å². The number of carbonyl (C=O) groups excluding carboxylic acids is 1. The van der Waals surface area contributed by atoms with Crippen LogP contribution in [0.15, 0.2) is 0 Å². The molecule has 0 aliphatic carbocycles. The van der Waals surface area contributed by atoms with E-state index >= 15 is 0 Å². The molecule has 0 fully saturated rings. The quantitative estimate of drug-likeness (QED) is 0.228. The molecule has 0 amide bonds. The molecule has 0 atom stereocenters. The van der Waals surface area contributed by atoms with Crippen LogP contribution in [0.3, 0.4) is 0 Å². The summed E-state index contributed by atoms with van der Waals surface area (Å²) in [6.45, 7) is 18.9. The highest BCUT2D eigenvalue weighted by Gasteiger charge is 2.25. The molecule has 0 heterocycles. The summed E-state index contributed by atoms with van der Waals surface area (Å²) in [7, 11) is 0. The highest BCUT2D eigenvalue weighted by atomic mass is 17.2. The summed E-state index contributed by atoms with van der Waals surface area (Å²) >= 11 is 0. The Morgan fingerprint density at radius 3 is 1.18 bits per heavy atom. The molecular formula is C18H32O10. The Bertz CT molecular complexity index is 522. The number of carbonyl (C=O) groups is 2. The number of rotatable bonds is 4. The highest BCUT2D eigenvalue weighted by Crippen LogP contribution is 2.18. The van der Waals surface area contributed by atoms with Gasteiger partial charge in [-0.3, -0.25) is 4.89 Å². The lowest BCUT2D eigenvalue weighted by molar-refractivity contribution is -0.386. The third-order valence-electron chi connectivity index (χ3n) is 1.91. The first-order chi connectivity index (χ1) is 12.3. The van der Waals surface area contributed by atoms with Crippen LogP contribution in [-0.2, 0) is 29.2 Å². The molecule has 0 aliphatic rings. The molecule has 0 aromatic rings. The zero-order valence-corrected chi connectivity index (χ0v) is 18.2.